The summed E-state index contributed by atoms with van der Waals surface area (Å²) in [5.74, 6) is 0.466. The van der Waals surface area contributed by atoms with Crippen molar-refractivity contribution in [2.75, 3.05) is 18.4 Å². The summed E-state index contributed by atoms with van der Waals surface area (Å²) in [4.78, 5) is 31.7. The first-order valence-corrected chi connectivity index (χ1v) is 9.28. The first-order valence-electron chi connectivity index (χ1n) is 9.28. The number of piperidine rings is 1. The summed E-state index contributed by atoms with van der Waals surface area (Å²) in [5, 5.41) is 10.1. The van der Waals surface area contributed by atoms with Crippen LogP contribution in [0.25, 0.3) is 11.0 Å². The average Bonchev–Trinajstić information content (AvgIpc) is 3.25. The zero-order valence-electron chi connectivity index (χ0n) is 15.5. The molecule has 3 heterocycles. The molecule has 4 rings (SSSR count). The fraction of sp³-hybridized carbons (Fsp3) is 0.421. The van der Waals surface area contributed by atoms with Crippen molar-refractivity contribution in [2.45, 2.75) is 38.6 Å². The lowest BCUT2D eigenvalue weighted by Crippen LogP contribution is -2.45. The molecular formula is C19H24N6O2. The third kappa shape index (κ3) is 3.52. The number of H-pyrrole nitrogens is 3. The molecule has 1 fully saturated rings. The molecule has 8 heteroatoms. The predicted octanol–water partition coefficient (Wildman–Crippen LogP) is 2.09. The van der Waals surface area contributed by atoms with Crippen LogP contribution in [0.3, 0.4) is 0 Å². The van der Waals surface area contributed by atoms with Gasteiger partial charge in [0.2, 0.25) is 5.91 Å². The Morgan fingerprint density at radius 2 is 2.00 bits per heavy atom. The number of likely N-dealkylation sites (tertiary alicyclic amines) is 1. The first kappa shape index (κ1) is 17.5. The van der Waals surface area contributed by atoms with Gasteiger partial charge in [-0.1, -0.05) is 0 Å². The Balaban J connectivity index is 1.37. The number of carbonyl (C=O) groups excluding carboxylic acids is 1. The van der Waals surface area contributed by atoms with Gasteiger partial charge in [0.15, 0.2) is 0 Å². The molecule has 2 aromatic heterocycles. The molecular weight excluding hydrogens is 344 g/mol. The number of benzene rings is 1. The Labute approximate surface area is 156 Å². The Hall–Kier alpha value is -2.87. The van der Waals surface area contributed by atoms with Crippen LogP contribution in [0.5, 0.6) is 0 Å². The number of carbonyl (C=O) groups is 1. The number of nitrogens with zero attached hydrogens (tertiary/aromatic N) is 2. The van der Waals surface area contributed by atoms with E-state index in [-0.39, 0.29) is 17.6 Å². The number of fused-ring (bicyclic) bond motifs is 1. The highest BCUT2D eigenvalue weighted by molar-refractivity contribution is 5.96. The second kappa shape index (κ2) is 7.03. The van der Waals surface area contributed by atoms with Crippen molar-refractivity contribution in [3.05, 3.63) is 46.1 Å². The second-order valence-corrected chi connectivity index (χ2v) is 7.27. The van der Waals surface area contributed by atoms with Gasteiger partial charge >= 0.3 is 5.69 Å². The van der Waals surface area contributed by atoms with Gasteiger partial charge in [-0.05, 0) is 69.5 Å². The topological polar surface area (TPSA) is 110 Å². The van der Waals surface area contributed by atoms with Gasteiger partial charge in [0.1, 0.15) is 0 Å². The molecule has 0 spiro atoms. The Kier molecular flexibility index (Phi) is 4.57. The van der Waals surface area contributed by atoms with Crippen LogP contribution in [0.15, 0.2) is 29.2 Å². The van der Waals surface area contributed by atoms with Gasteiger partial charge < -0.3 is 15.3 Å². The fourth-order valence-corrected chi connectivity index (χ4v) is 3.89. The summed E-state index contributed by atoms with van der Waals surface area (Å²) in [6.07, 6.45) is 3.97. The molecule has 8 nitrogen and oxygen atoms in total. The Bertz CT molecular complexity index is 1010. The van der Waals surface area contributed by atoms with Gasteiger partial charge in [-0.25, -0.2) is 4.79 Å². The summed E-state index contributed by atoms with van der Waals surface area (Å²) in [6.45, 7) is 5.76. The maximum atomic E-state index is 12.7. The van der Waals surface area contributed by atoms with E-state index in [0.29, 0.717) is 17.1 Å². The van der Waals surface area contributed by atoms with Crippen LogP contribution in [0.2, 0.25) is 0 Å². The number of amides is 1. The molecule has 3 aromatic rings. The van der Waals surface area contributed by atoms with E-state index in [1.165, 1.54) is 5.56 Å². The fourth-order valence-electron chi connectivity index (χ4n) is 3.89. The van der Waals surface area contributed by atoms with E-state index in [1.54, 1.807) is 18.2 Å². The number of imidazole rings is 1. The summed E-state index contributed by atoms with van der Waals surface area (Å²) >= 11 is 0. The maximum Gasteiger partial charge on any atom is 0.323 e. The average molecular weight is 368 g/mol. The monoisotopic (exact) mass is 368 g/mol. The number of hydrogen-bond donors (Lipinski definition) is 4. The van der Waals surface area contributed by atoms with E-state index >= 15 is 0 Å². The molecule has 1 aromatic carbocycles. The van der Waals surface area contributed by atoms with Gasteiger partial charge in [0.05, 0.1) is 23.3 Å². The SMILES string of the molecule is Cc1[nH]ncc1C1CCN(C(C)C(=O)Nc2ccc3[nH]c(=O)[nH]c3c2)CC1. The minimum Gasteiger partial charge on any atom is -0.325 e. The molecule has 1 aliphatic rings. The van der Waals surface area contributed by atoms with Crippen LogP contribution in [-0.2, 0) is 4.79 Å². The number of rotatable bonds is 4. The van der Waals surface area contributed by atoms with E-state index in [4.69, 9.17) is 0 Å². The summed E-state index contributed by atoms with van der Waals surface area (Å²) in [7, 11) is 0. The van der Waals surface area contributed by atoms with E-state index in [9.17, 15) is 9.59 Å². The third-order valence-corrected chi connectivity index (χ3v) is 5.55. The number of aryl methyl sites for hydroxylation is 1. The lowest BCUT2D eigenvalue weighted by molar-refractivity contribution is -0.121. The number of hydrogen-bond acceptors (Lipinski definition) is 4. The zero-order chi connectivity index (χ0) is 19.0. The van der Waals surface area contributed by atoms with Crippen LogP contribution in [0, 0.1) is 6.92 Å². The quantitative estimate of drug-likeness (QED) is 0.565. The number of nitrogens with one attached hydrogen (secondary N) is 4. The van der Waals surface area contributed by atoms with Gasteiger partial charge in [-0.2, -0.15) is 5.10 Å². The zero-order valence-corrected chi connectivity index (χ0v) is 15.5. The molecule has 1 amide bonds. The van der Waals surface area contributed by atoms with Crippen LogP contribution in [0.1, 0.15) is 36.9 Å². The molecule has 1 unspecified atom stereocenters. The van der Waals surface area contributed by atoms with Gasteiger partial charge in [0, 0.05) is 11.4 Å². The first-order chi connectivity index (χ1) is 13.0. The maximum absolute atomic E-state index is 12.7. The van der Waals surface area contributed by atoms with Crippen molar-refractivity contribution in [2.24, 2.45) is 0 Å². The van der Waals surface area contributed by atoms with Crippen molar-refractivity contribution in [3.63, 3.8) is 0 Å². The second-order valence-electron chi connectivity index (χ2n) is 7.27. The van der Waals surface area contributed by atoms with E-state index in [1.807, 2.05) is 13.1 Å². The molecule has 0 bridgehead atoms. The summed E-state index contributed by atoms with van der Waals surface area (Å²) < 4.78 is 0. The van der Waals surface area contributed by atoms with Crippen LogP contribution in [0.4, 0.5) is 5.69 Å². The molecule has 1 aliphatic heterocycles. The molecule has 0 aliphatic carbocycles. The van der Waals surface area contributed by atoms with Crippen LogP contribution < -0.4 is 11.0 Å². The normalized spacial score (nSPS) is 17.3. The van der Waals surface area contributed by atoms with E-state index in [0.717, 1.165) is 37.1 Å². The molecule has 0 radical (unpaired) electrons. The number of anilines is 1. The Morgan fingerprint density at radius 1 is 1.26 bits per heavy atom. The lowest BCUT2D eigenvalue weighted by atomic mass is 9.89. The van der Waals surface area contributed by atoms with Crippen molar-refractivity contribution < 1.29 is 4.79 Å². The molecule has 0 saturated carbocycles. The smallest absolute Gasteiger partial charge is 0.323 e. The Morgan fingerprint density at radius 3 is 2.70 bits per heavy atom. The molecule has 142 valence electrons. The highest BCUT2D eigenvalue weighted by atomic mass is 16.2. The van der Waals surface area contributed by atoms with Crippen molar-refractivity contribution in [3.8, 4) is 0 Å². The summed E-state index contributed by atoms with van der Waals surface area (Å²) in [6, 6.07) is 5.14. The van der Waals surface area contributed by atoms with Crippen LogP contribution >= 0.6 is 0 Å². The van der Waals surface area contributed by atoms with Crippen molar-refractivity contribution in [1.29, 1.82) is 0 Å². The summed E-state index contributed by atoms with van der Waals surface area (Å²) in [5.41, 5.74) is 4.26. The standard InChI is InChI=1S/C19H24N6O2/c1-11-15(10-20-24-11)13-5-7-25(8-6-13)12(2)18(26)21-14-3-4-16-17(9-14)23-19(27)22-16/h3-4,9-10,12-13H,5-8H2,1-2H3,(H,20,24)(H,21,26)(H2,22,23,27). The molecule has 4 N–H and O–H groups in total. The third-order valence-electron chi connectivity index (χ3n) is 5.55. The predicted molar refractivity (Wildman–Crippen MR) is 104 cm³/mol. The minimum atomic E-state index is -0.252. The molecule has 27 heavy (non-hydrogen) atoms. The minimum absolute atomic E-state index is 0.0369. The molecule has 1 atom stereocenters. The van der Waals surface area contributed by atoms with Gasteiger partial charge in [0.25, 0.3) is 0 Å². The van der Waals surface area contributed by atoms with E-state index < -0.39 is 0 Å². The highest BCUT2D eigenvalue weighted by Gasteiger charge is 2.28. The highest BCUT2D eigenvalue weighted by Crippen LogP contribution is 2.30. The van der Waals surface area contributed by atoms with Crippen molar-refractivity contribution in [1.82, 2.24) is 25.1 Å². The van der Waals surface area contributed by atoms with E-state index in [2.05, 4.69) is 37.3 Å². The van der Waals surface area contributed by atoms with Gasteiger partial charge in [-0.3, -0.25) is 14.8 Å². The van der Waals surface area contributed by atoms with Gasteiger partial charge in [-0.15, -0.1) is 0 Å². The largest absolute Gasteiger partial charge is 0.325 e. The van der Waals surface area contributed by atoms with Crippen molar-refractivity contribution >= 4 is 22.6 Å². The molecule has 1 saturated heterocycles. The number of aromatic amines is 3. The van der Waals surface area contributed by atoms with Crippen LogP contribution in [-0.4, -0.2) is 50.1 Å². The lowest BCUT2D eigenvalue weighted by Gasteiger charge is -2.35. The number of aromatic nitrogens is 4.